The Bertz CT molecular complexity index is 1880. The molecule has 1 N–H and O–H groups in total. The predicted octanol–water partition coefficient (Wildman–Crippen LogP) is 7.37. The number of hydrogen-bond donors (Lipinski definition) is 1. The number of carbonyl (C=O) groups excluding carboxylic acids is 2. The number of benzene rings is 4. The quantitative estimate of drug-likeness (QED) is 0.215. The van der Waals surface area contributed by atoms with Crippen LogP contribution in [0.3, 0.4) is 0 Å². The first-order valence-electron chi connectivity index (χ1n) is 13.2. The van der Waals surface area contributed by atoms with E-state index in [9.17, 15) is 9.59 Å². The van der Waals surface area contributed by atoms with Gasteiger partial charge in [-0.05, 0) is 51.1 Å². The van der Waals surface area contributed by atoms with Crippen molar-refractivity contribution in [3.63, 3.8) is 0 Å². The van der Waals surface area contributed by atoms with Crippen molar-refractivity contribution in [3.05, 3.63) is 108 Å². The molecule has 0 bridgehead atoms. The highest BCUT2D eigenvalue weighted by atomic mass is 32.1. The van der Waals surface area contributed by atoms with Crippen molar-refractivity contribution in [2.75, 3.05) is 5.32 Å². The van der Waals surface area contributed by atoms with Gasteiger partial charge in [0.25, 0.3) is 5.91 Å². The molecule has 8 heteroatoms. The standard InChI is InChI=1S/C33H26N4O3S/c1-19-8-12-22(13-9-19)29-30(23-14-10-20(2)11-15-23)35-27-18-24(16-17-25(27)34-29)32(39)40-21(3)31(38)37-33-36-26-6-4-5-7-28(26)41-33/h4-18,21H,1-3H3,(H,36,37,38). The Kier molecular flexibility index (Phi) is 6.99. The summed E-state index contributed by atoms with van der Waals surface area (Å²) in [6, 6.07) is 28.9. The van der Waals surface area contributed by atoms with Crippen LogP contribution < -0.4 is 5.32 Å². The summed E-state index contributed by atoms with van der Waals surface area (Å²) in [7, 11) is 0. The smallest absolute Gasteiger partial charge is 0.338 e. The Balaban J connectivity index is 1.27. The zero-order chi connectivity index (χ0) is 28.5. The Morgan fingerprint density at radius 2 is 1.34 bits per heavy atom. The second-order valence-electron chi connectivity index (χ2n) is 9.88. The first-order chi connectivity index (χ1) is 19.8. The molecule has 0 saturated heterocycles. The molecule has 1 unspecified atom stereocenters. The van der Waals surface area contributed by atoms with Crippen LogP contribution in [0.5, 0.6) is 0 Å². The molecule has 1 amide bonds. The fraction of sp³-hybridized carbons (Fsp3) is 0.121. The summed E-state index contributed by atoms with van der Waals surface area (Å²) in [5.41, 5.74) is 7.94. The van der Waals surface area contributed by atoms with E-state index in [4.69, 9.17) is 14.7 Å². The number of nitrogens with one attached hydrogen (secondary N) is 1. The SMILES string of the molecule is Cc1ccc(-c2nc3ccc(C(=O)OC(C)C(=O)Nc4nc5ccccc5s4)cc3nc2-c2ccc(C)cc2)cc1. The van der Waals surface area contributed by atoms with Gasteiger partial charge >= 0.3 is 5.97 Å². The first-order valence-corrected chi connectivity index (χ1v) is 14.0. The van der Waals surface area contributed by atoms with Crippen LogP contribution in [0.1, 0.15) is 28.4 Å². The van der Waals surface area contributed by atoms with E-state index in [0.717, 1.165) is 43.9 Å². The van der Waals surface area contributed by atoms with Gasteiger partial charge in [-0.25, -0.2) is 19.7 Å². The summed E-state index contributed by atoms with van der Waals surface area (Å²) in [5, 5.41) is 3.19. The molecule has 6 rings (SSSR count). The molecule has 0 aliphatic carbocycles. The summed E-state index contributed by atoms with van der Waals surface area (Å²) < 4.78 is 6.46. The van der Waals surface area contributed by atoms with Gasteiger partial charge in [-0.3, -0.25) is 10.1 Å². The van der Waals surface area contributed by atoms with E-state index in [0.29, 0.717) is 16.2 Å². The third-order valence-electron chi connectivity index (χ3n) is 6.73. The number of carbonyl (C=O) groups is 2. The second-order valence-corrected chi connectivity index (χ2v) is 10.9. The molecule has 0 fully saturated rings. The molecule has 6 aromatic rings. The van der Waals surface area contributed by atoms with Crippen molar-refractivity contribution in [3.8, 4) is 22.5 Å². The maximum Gasteiger partial charge on any atom is 0.338 e. The van der Waals surface area contributed by atoms with Gasteiger partial charge in [0, 0.05) is 11.1 Å². The number of anilines is 1. The summed E-state index contributed by atoms with van der Waals surface area (Å²) in [5.74, 6) is -1.08. The number of esters is 1. The minimum Gasteiger partial charge on any atom is -0.449 e. The molecule has 0 radical (unpaired) electrons. The van der Waals surface area contributed by atoms with Crippen molar-refractivity contribution < 1.29 is 14.3 Å². The highest BCUT2D eigenvalue weighted by Gasteiger charge is 2.21. The van der Waals surface area contributed by atoms with Crippen molar-refractivity contribution >= 4 is 49.6 Å². The lowest BCUT2D eigenvalue weighted by molar-refractivity contribution is -0.123. The molecule has 2 aromatic heterocycles. The zero-order valence-corrected chi connectivity index (χ0v) is 23.5. The van der Waals surface area contributed by atoms with Crippen LogP contribution in [-0.2, 0) is 9.53 Å². The topological polar surface area (TPSA) is 94.1 Å². The van der Waals surface area contributed by atoms with Gasteiger partial charge in [0.2, 0.25) is 0 Å². The van der Waals surface area contributed by atoms with Gasteiger partial charge in [0.15, 0.2) is 11.2 Å². The lowest BCUT2D eigenvalue weighted by atomic mass is 10.0. The predicted molar refractivity (Wildman–Crippen MR) is 163 cm³/mol. The highest BCUT2D eigenvalue weighted by Crippen LogP contribution is 2.32. The van der Waals surface area contributed by atoms with Crippen molar-refractivity contribution in [2.45, 2.75) is 26.9 Å². The molecule has 0 aliphatic rings. The Hall–Kier alpha value is -4.95. The van der Waals surface area contributed by atoms with Crippen molar-refractivity contribution in [2.24, 2.45) is 0 Å². The van der Waals surface area contributed by atoms with Crippen LogP contribution in [0.2, 0.25) is 0 Å². The minimum atomic E-state index is -1.02. The van der Waals surface area contributed by atoms with E-state index < -0.39 is 18.0 Å². The fourth-order valence-corrected chi connectivity index (χ4v) is 5.29. The van der Waals surface area contributed by atoms with E-state index >= 15 is 0 Å². The van der Waals surface area contributed by atoms with Crippen LogP contribution >= 0.6 is 11.3 Å². The molecular formula is C33H26N4O3S. The van der Waals surface area contributed by atoms with Crippen molar-refractivity contribution in [1.82, 2.24) is 15.0 Å². The van der Waals surface area contributed by atoms with Crippen LogP contribution in [0.25, 0.3) is 43.8 Å². The number of amides is 1. The average molecular weight is 559 g/mol. The van der Waals surface area contributed by atoms with E-state index in [1.165, 1.54) is 18.3 Å². The monoisotopic (exact) mass is 558 g/mol. The maximum atomic E-state index is 13.0. The molecule has 7 nitrogen and oxygen atoms in total. The number of para-hydroxylation sites is 1. The molecule has 0 spiro atoms. The van der Waals surface area contributed by atoms with Gasteiger partial charge < -0.3 is 4.74 Å². The van der Waals surface area contributed by atoms with Crippen molar-refractivity contribution in [1.29, 1.82) is 0 Å². The number of fused-ring (bicyclic) bond motifs is 2. The number of hydrogen-bond acceptors (Lipinski definition) is 7. The van der Waals surface area contributed by atoms with E-state index in [2.05, 4.69) is 10.3 Å². The number of thiazole rings is 1. The zero-order valence-electron chi connectivity index (χ0n) is 22.7. The van der Waals surface area contributed by atoms with Gasteiger partial charge in [0.05, 0.1) is 38.2 Å². The maximum absolute atomic E-state index is 13.0. The molecule has 41 heavy (non-hydrogen) atoms. The van der Waals surface area contributed by atoms with Crippen LogP contribution in [0.4, 0.5) is 5.13 Å². The number of aryl methyl sites for hydroxylation is 2. The molecule has 202 valence electrons. The number of rotatable bonds is 6. The minimum absolute atomic E-state index is 0.282. The van der Waals surface area contributed by atoms with Crippen LogP contribution in [-0.4, -0.2) is 32.9 Å². The first kappa shape index (κ1) is 26.3. The van der Waals surface area contributed by atoms with E-state index in [1.54, 1.807) is 18.2 Å². The van der Waals surface area contributed by atoms with Gasteiger partial charge in [-0.1, -0.05) is 83.1 Å². The lowest BCUT2D eigenvalue weighted by Crippen LogP contribution is -2.29. The number of nitrogens with zero attached hydrogens (tertiary/aromatic N) is 3. The summed E-state index contributed by atoms with van der Waals surface area (Å²) in [4.78, 5) is 40.1. The normalized spacial score (nSPS) is 11.9. The Labute approximate surface area is 240 Å². The second kappa shape index (κ2) is 10.9. The molecule has 1 atom stereocenters. The molecule has 0 saturated carbocycles. The summed E-state index contributed by atoms with van der Waals surface area (Å²) >= 11 is 1.36. The molecule has 2 heterocycles. The average Bonchev–Trinajstić information content (AvgIpc) is 3.39. The largest absolute Gasteiger partial charge is 0.449 e. The van der Waals surface area contributed by atoms with E-state index in [-0.39, 0.29) is 5.56 Å². The third kappa shape index (κ3) is 5.55. The third-order valence-corrected chi connectivity index (χ3v) is 7.68. The van der Waals surface area contributed by atoms with Crippen LogP contribution in [0, 0.1) is 13.8 Å². The van der Waals surface area contributed by atoms with E-state index in [1.807, 2.05) is 86.6 Å². The molecule has 0 aliphatic heterocycles. The molecular weight excluding hydrogens is 532 g/mol. The molecule has 4 aromatic carbocycles. The Morgan fingerprint density at radius 3 is 1.98 bits per heavy atom. The van der Waals surface area contributed by atoms with Gasteiger partial charge in [-0.15, -0.1) is 0 Å². The summed E-state index contributed by atoms with van der Waals surface area (Å²) in [6.07, 6.45) is -1.02. The highest BCUT2D eigenvalue weighted by molar-refractivity contribution is 7.22. The van der Waals surface area contributed by atoms with Gasteiger partial charge in [0.1, 0.15) is 0 Å². The fourth-order valence-electron chi connectivity index (χ4n) is 4.42. The van der Waals surface area contributed by atoms with Crippen LogP contribution in [0.15, 0.2) is 91.0 Å². The summed E-state index contributed by atoms with van der Waals surface area (Å²) in [6.45, 7) is 5.61. The number of ether oxygens (including phenoxy) is 1. The number of aromatic nitrogens is 3. The lowest BCUT2D eigenvalue weighted by Gasteiger charge is -2.14. The van der Waals surface area contributed by atoms with Gasteiger partial charge in [-0.2, -0.15) is 0 Å². The Morgan fingerprint density at radius 1 is 0.732 bits per heavy atom.